The smallest absolute Gasteiger partial charge is 0.349 e. The molecule has 1 aromatic carbocycles. The number of carbonyl (C=O) groups excluding carboxylic acids is 2. The highest BCUT2D eigenvalue weighted by Crippen LogP contribution is 2.17. The van der Waals surface area contributed by atoms with Gasteiger partial charge in [0.1, 0.15) is 17.1 Å². The number of hydrogen-bond acceptors (Lipinski definition) is 6. The molecule has 0 atom stereocenters. The fourth-order valence-electron chi connectivity index (χ4n) is 2.53. The van der Waals surface area contributed by atoms with Gasteiger partial charge in [-0.3, -0.25) is 4.79 Å². The van der Waals surface area contributed by atoms with Gasteiger partial charge >= 0.3 is 11.6 Å². The van der Waals surface area contributed by atoms with E-state index in [1.165, 1.54) is 7.11 Å². The zero-order valence-corrected chi connectivity index (χ0v) is 16.5. The molecule has 0 bridgehead atoms. The maximum Gasteiger partial charge on any atom is 0.349 e. The number of nitrogens with one attached hydrogen (secondary N) is 1. The van der Waals surface area contributed by atoms with Gasteiger partial charge in [-0.15, -0.1) is 0 Å². The summed E-state index contributed by atoms with van der Waals surface area (Å²) in [7, 11) is 1.28. The van der Waals surface area contributed by atoms with Gasteiger partial charge in [-0.25, -0.2) is 9.59 Å². The summed E-state index contributed by atoms with van der Waals surface area (Å²) >= 11 is 0. The SMILES string of the molecule is COC(=O)COc1ccc(NC(=O)c2c(C)cc(CCC(C)C)oc2=O)cc1. The standard InChI is InChI=1S/C21H25NO6/c1-13(2)5-8-17-11-14(3)19(21(25)28-17)20(24)22-15-6-9-16(10-7-15)27-12-18(23)26-4/h6-7,9-11,13H,5,8,12H2,1-4H3,(H,22,24). The molecule has 150 valence electrons. The normalized spacial score (nSPS) is 10.6. The molecule has 1 aromatic heterocycles. The lowest BCUT2D eigenvalue weighted by Gasteiger charge is -2.10. The number of anilines is 1. The van der Waals surface area contributed by atoms with Crippen molar-refractivity contribution in [3.63, 3.8) is 0 Å². The van der Waals surface area contributed by atoms with Gasteiger partial charge in [-0.05, 0) is 55.2 Å². The first-order valence-electron chi connectivity index (χ1n) is 9.04. The number of methoxy groups -OCH3 is 1. The van der Waals surface area contributed by atoms with Crippen molar-refractivity contribution in [3.8, 4) is 5.75 Å². The molecule has 0 saturated carbocycles. The second-order valence-electron chi connectivity index (χ2n) is 6.83. The predicted molar refractivity (Wildman–Crippen MR) is 105 cm³/mol. The van der Waals surface area contributed by atoms with E-state index in [-0.39, 0.29) is 12.2 Å². The summed E-state index contributed by atoms with van der Waals surface area (Å²) in [5.74, 6) is 0.503. The number of rotatable bonds is 8. The topological polar surface area (TPSA) is 94.8 Å². The summed E-state index contributed by atoms with van der Waals surface area (Å²) in [6.07, 6.45) is 1.56. The number of esters is 1. The van der Waals surface area contributed by atoms with E-state index in [1.54, 1.807) is 37.3 Å². The first-order chi connectivity index (χ1) is 13.3. The Morgan fingerprint density at radius 3 is 2.43 bits per heavy atom. The Bertz CT molecular complexity index is 883. The molecule has 1 N–H and O–H groups in total. The Morgan fingerprint density at radius 1 is 1.18 bits per heavy atom. The van der Waals surface area contributed by atoms with Gasteiger partial charge in [-0.2, -0.15) is 0 Å². The van der Waals surface area contributed by atoms with E-state index >= 15 is 0 Å². The van der Waals surface area contributed by atoms with Crippen molar-refractivity contribution in [2.45, 2.75) is 33.6 Å². The van der Waals surface area contributed by atoms with Crippen LogP contribution in [0.15, 0.2) is 39.5 Å². The van der Waals surface area contributed by atoms with Gasteiger partial charge < -0.3 is 19.2 Å². The van der Waals surface area contributed by atoms with E-state index in [0.29, 0.717) is 35.1 Å². The van der Waals surface area contributed by atoms with Gasteiger partial charge in [0.15, 0.2) is 6.61 Å². The summed E-state index contributed by atoms with van der Waals surface area (Å²) in [6.45, 7) is 5.71. The highest BCUT2D eigenvalue weighted by atomic mass is 16.6. The zero-order chi connectivity index (χ0) is 20.7. The lowest BCUT2D eigenvalue weighted by atomic mass is 10.0. The summed E-state index contributed by atoms with van der Waals surface area (Å²) < 4.78 is 15.0. The molecule has 7 nitrogen and oxygen atoms in total. The van der Waals surface area contributed by atoms with Crippen molar-refractivity contribution >= 4 is 17.6 Å². The van der Waals surface area contributed by atoms with Crippen LogP contribution in [0.4, 0.5) is 5.69 Å². The van der Waals surface area contributed by atoms with E-state index in [0.717, 1.165) is 6.42 Å². The predicted octanol–water partition coefficient (Wildman–Crippen LogP) is 3.34. The Morgan fingerprint density at radius 2 is 1.86 bits per heavy atom. The van der Waals surface area contributed by atoms with Crippen LogP contribution in [-0.2, 0) is 16.0 Å². The van der Waals surface area contributed by atoms with Crippen LogP contribution in [0.25, 0.3) is 0 Å². The fraction of sp³-hybridized carbons (Fsp3) is 0.381. The van der Waals surface area contributed by atoms with Crippen molar-refractivity contribution in [2.24, 2.45) is 5.92 Å². The molecule has 0 fully saturated rings. The third kappa shape index (κ3) is 5.97. The highest BCUT2D eigenvalue weighted by Gasteiger charge is 2.17. The summed E-state index contributed by atoms with van der Waals surface area (Å²) in [4.78, 5) is 35.9. The summed E-state index contributed by atoms with van der Waals surface area (Å²) in [5, 5.41) is 2.67. The molecule has 0 saturated heterocycles. The molecule has 0 unspecified atom stereocenters. The van der Waals surface area contributed by atoms with Crippen LogP contribution >= 0.6 is 0 Å². The van der Waals surface area contributed by atoms with E-state index in [2.05, 4.69) is 23.9 Å². The molecule has 7 heteroatoms. The third-order valence-corrected chi connectivity index (χ3v) is 4.09. The Hall–Kier alpha value is -3.09. The average molecular weight is 387 g/mol. The molecular weight excluding hydrogens is 362 g/mol. The molecule has 0 aliphatic heterocycles. The van der Waals surface area contributed by atoms with Gasteiger partial charge in [0.2, 0.25) is 0 Å². The van der Waals surface area contributed by atoms with Gasteiger partial charge in [0.25, 0.3) is 5.91 Å². The van der Waals surface area contributed by atoms with E-state index in [4.69, 9.17) is 9.15 Å². The van der Waals surface area contributed by atoms with Crippen LogP contribution < -0.4 is 15.7 Å². The molecule has 28 heavy (non-hydrogen) atoms. The Labute approximate surface area is 163 Å². The molecule has 0 radical (unpaired) electrons. The Kier molecular flexibility index (Phi) is 7.37. The second kappa shape index (κ2) is 9.73. The average Bonchev–Trinajstić information content (AvgIpc) is 2.65. The van der Waals surface area contributed by atoms with Crippen molar-refractivity contribution < 1.29 is 23.5 Å². The second-order valence-corrected chi connectivity index (χ2v) is 6.83. The molecule has 2 rings (SSSR count). The molecule has 0 aliphatic rings. The number of hydrogen-bond donors (Lipinski definition) is 1. The maximum atomic E-state index is 12.5. The van der Waals surface area contributed by atoms with E-state index < -0.39 is 17.5 Å². The number of amides is 1. The van der Waals surface area contributed by atoms with E-state index in [1.807, 2.05) is 0 Å². The minimum absolute atomic E-state index is 0.0145. The Balaban J connectivity index is 2.06. The van der Waals surface area contributed by atoms with Crippen LogP contribution in [0.3, 0.4) is 0 Å². The van der Waals surface area contributed by atoms with Crippen LogP contribution in [0.2, 0.25) is 0 Å². The van der Waals surface area contributed by atoms with Crippen LogP contribution in [0.1, 0.15) is 41.9 Å². The number of aryl methyl sites for hydroxylation is 2. The number of benzene rings is 1. The quantitative estimate of drug-likeness (QED) is 0.698. The van der Waals surface area contributed by atoms with Crippen LogP contribution in [-0.4, -0.2) is 25.6 Å². The molecule has 0 spiro atoms. The monoisotopic (exact) mass is 387 g/mol. The van der Waals surface area contributed by atoms with Crippen LogP contribution in [0, 0.1) is 12.8 Å². The van der Waals surface area contributed by atoms with Gasteiger partial charge in [-0.1, -0.05) is 13.8 Å². The number of carbonyl (C=O) groups is 2. The summed E-state index contributed by atoms with van der Waals surface area (Å²) in [5.41, 5.74) is 0.400. The zero-order valence-electron chi connectivity index (χ0n) is 16.5. The molecule has 1 amide bonds. The highest BCUT2D eigenvalue weighted by molar-refractivity contribution is 6.04. The van der Waals surface area contributed by atoms with Crippen molar-refractivity contribution in [1.29, 1.82) is 0 Å². The van der Waals surface area contributed by atoms with Crippen molar-refractivity contribution in [1.82, 2.24) is 0 Å². The van der Waals surface area contributed by atoms with E-state index in [9.17, 15) is 14.4 Å². The molecular formula is C21H25NO6. The minimum Gasteiger partial charge on any atom is -0.482 e. The minimum atomic E-state index is -0.644. The lowest BCUT2D eigenvalue weighted by molar-refractivity contribution is -0.142. The van der Waals surface area contributed by atoms with Crippen LogP contribution in [0.5, 0.6) is 5.75 Å². The molecule has 2 aromatic rings. The van der Waals surface area contributed by atoms with Gasteiger partial charge in [0, 0.05) is 12.1 Å². The lowest BCUT2D eigenvalue weighted by Crippen LogP contribution is -2.23. The summed E-state index contributed by atoms with van der Waals surface area (Å²) in [6, 6.07) is 8.16. The number of ether oxygens (including phenoxy) is 2. The van der Waals surface area contributed by atoms with Crippen molar-refractivity contribution in [3.05, 3.63) is 57.6 Å². The van der Waals surface area contributed by atoms with Crippen molar-refractivity contribution in [2.75, 3.05) is 19.0 Å². The van der Waals surface area contributed by atoms with Gasteiger partial charge in [0.05, 0.1) is 7.11 Å². The largest absolute Gasteiger partial charge is 0.482 e. The first-order valence-corrected chi connectivity index (χ1v) is 9.04. The first kappa shape index (κ1) is 21.2. The fourth-order valence-corrected chi connectivity index (χ4v) is 2.53. The third-order valence-electron chi connectivity index (χ3n) is 4.09. The molecule has 0 aliphatic carbocycles. The molecule has 1 heterocycles. The maximum absolute atomic E-state index is 12.5.